The molecule has 0 saturated heterocycles. The van der Waals surface area contributed by atoms with Crippen molar-refractivity contribution in [2.45, 2.75) is 32.3 Å². The van der Waals surface area contributed by atoms with Gasteiger partial charge in [0, 0.05) is 12.4 Å². The largest absolute Gasteiger partial charge is 0.485 e. The third kappa shape index (κ3) is 3.15. The van der Waals surface area contributed by atoms with Crippen molar-refractivity contribution in [1.82, 2.24) is 19.7 Å². The molecule has 4 rings (SSSR count). The van der Waals surface area contributed by atoms with Gasteiger partial charge in [-0.15, -0.1) is 10.2 Å². The number of carbonyl (C=O) groups excluding carboxylic acids is 1. The molecule has 0 atom stereocenters. The number of carbonyl (C=O) groups is 1. The molecular formula is C19H19N5O2. The van der Waals surface area contributed by atoms with Crippen LogP contribution in [0.25, 0.3) is 5.82 Å². The number of rotatable bonds is 3. The van der Waals surface area contributed by atoms with Crippen molar-refractivity contribution in [2.24, 2.45) is 0 Å². The Morgan fingerprint density at radius 1 is 1.23 bits per heavy atom. The predicted octanol–water partition coefficient (Wildman–Crippen LogP) is 3.02. The third-order valence-electron chi connectivity index (χ3n) is 4.37. The zero-order valence-corrected chi connectivity index (χ0v) is 14.6. The number of ether oxygens (including phenoxy) is 1. The van der Waals surface area contributed by atoms with Gasteiger partial charge in [0.15, 0.2) is 11.5 Å². The van der Waals surface area contributed by atoms with E-state index in [1.54, 1.807) is 35.4 Å². The number of benzene rings is 1. The standard InChI is InChI=1S/C19H19N5O2/c1-19(2)9-8-13-4-3-5-14(17(13)26-19)21-18(25)15-6-7-16(23-22-15)24-11-10-20-12-24/h3-7,10-12H,8-9H2,1-2H3,(H,21,25). The van der Waals surface area contributed by atoms with Gasteiger partial charge in [0.05, 0.1) is 5.69 Å². The normalized spacial score (nSPS) is 15.0. The number of para-hydroxylation sites is 1. The Labute approximate surface area is 151 Å². The van der Waals surface area contributed by atoms with E-state index in [1.165, 1.54) is 0 Å². The quantitative estimate of drug-likeness (QED) is 0.786. The summed E-state index contributed by atoms with van der Waals surface area (Å²) in [6.45, 7) is 4.10. The van der Waals surface area contributed by atoms with Gasteiger partial charge in [-0.2, -0.15) is 0 Å². The van der Waals surface area contributed by atoms with Crippen LogP contribution in [0.15, 0.2) is 49.1 Å². The lowest BCUT2D eigenvalue weighted by Crippen LogP contribution is -2.33. The lowest BCUT2D eigenvalue weighted by Gasteiger charge is -2.33. The number of hydrogen-bond acceptors (Lipinski definition) is 5. The Morgan fingerprint density at radius 2 is 2.12 bits per heavy atom. The van der Waals surface area contributed by atoms with Crippen LogP contribution in [0.2, 0.25) is 0 Å². The number of amides is 1. The van der Waals surface area contributed by atoms with Crippen molar-refractivity contribution in [3.63, 3.8) is 0 Å². The van der Waals surface area contributed by atoms with Crippen molar-refractivity contribution in [3.8, 4) is 11.6 Å². The highest BCUT2D eigenvalue weighted by Crippen LogP contribution is 2.38. The van der Waals surface area contributed by atoms with Crippen molar-refractivity contribution in [1.29, 1.82) is 0 Å². The first-order valence-corrected chi connectivity index (χ1v) is 8.46. The second kappa shape index (κ2) is 6.25. The van der Waals surface area contributed by atoms with E-state index in [0.717, 1.165) is 24.2 Å². The summed E-state index contributed by atoms with van der Waals surface area (Å²) in [5, 5.41) is 11.0. The van der Waals surface area contributed by atoms with Crippen LogP contribution in [-0.4, -0.2) is 31.3 Å². The summed E-state index contributed by atoms with van der Waals surface area (Å²) >= 11 is 0. The molecule has 1 aromatic carbocycles. The monoisotopic (exact) mass is 349 g/mol. The number of hydrogen-bond donors (Lipinski definition) is 1. The van der Waals surface area contributed by atoms with Gasteiger partial charge in [0.2, 0.25) is 0 Å². The van der Waals surface area contributed by atoms with E-state index in [-0.39, 0.29) is 17.2 Å². The van der Waals surface area contributed by atoms with Crippen LogP contribution in [0.3, 0.4) is 0 Å². The molecule has 0 bridgehead atoms. The molecule has 0 unspecified atom stereocenters. The lowest BCUT2D eigenvalue weighted by atomic mass is 9.94. The molecule has 1 aliphatic heterocycles. The van der Waals surface area contributed by atoms with Crippen LogP contribution < -0.4 is 10.1 Å². The maximum atomic E-state index is 12.6. The Hall–Kier alpha value is -3.22. The molecule has 26 heavy (non-hydrogen) atoms. The average Bonchev–Trinajstić information content (AvgIpc) is 3.16. The summed E-state index contributed by atoms with van der Waals surface area (Å²) in [6, 6.07) is 9.15. The Bertz CT molecular complexity index is 933. The summed E-state index contributed by atoms with van der Waals surface area (Å²) in [7, 11) is 0. The van der Waals surface area contributed by atoms with Gasteiger partial charge < -0.3 is 10.1 Å². The smallest absolute Gasteiger partial charge is 0.276 e. The highest BCUT2D eigenvalue weighted by atomic mass is 16.5. The van der Waals surface area contributed by atoms with Gasteiger partial charge in [-0.05, 0) is 50.5 Å². The zero-order chi connectivity index (χ0) is 18.1. The van der Waals surface area contributed by atoms with Crippen molar-refractivity contribution < 1.29 is 9.53 Å². The molecule has 0 radical (unpaired) electrons. The van der Waals surface area contributed by atoms with Crippen LogP contribution in [0.5, 0.6) is 5.75 Å². The van der Waals surface area contributed by atoms with Gasteiger partial charge >= 0.3 is 0 Å². The summed E-state index contributed by atoms with van der Waals surface area (Å²) in [5.74, 6) is 1.01. The summed E-state index contributed by atoms with van der Waals surface area (Å²) in [6.07, 6.45) is 6.91. The molecule has 3 heterocycles. The number of aromatic nitrogens is 4. The number of nitrogens with zero attached hydrogens (tertiary/aromatic N) is 4. The molecule has 0 spiro atoms. The number of imidazole rings is 1. The first kappa shape index (κ1) is 16.3. The first-order chi connectivity index (χ1) is 12.5. The number of fused-ring (bicyclic) bond motifs is 1. The van der Waals surface area contributed by atoms with E-state index < -0.39 is 0 Å². The summed E-state index contributed by atoms with van der Waals surface area (Å²) in [4.78, 5) is 16.5. The van der Waals surface area contributed by atoms with E-state index in [9.17, 15) is 4.79 Å². The molecule has 7 heteroatoms. The van der Waals surface area contributed by atoms with Crippen LogP contribution in [0, 0.1) is 0 Å². The molecule has 3 aromatic rings. The Kier molecular flexibility index (Phi) is 3.91. The SMILES string of the molecule is CC1(C)CCc2cccc(NC(=O)c3ccc(-n4ccnc4)nn3)c2O1. The average molecular weight is 349 g/mol. The van der Waals surface area contributed by atoms with Gasteiger partial charge in [-0.25, -0.2) is 4.98 Å². The third-order valence-corrected chi connectivity index (χ3v) is 4.37. The second-order valence-corrected chi connectivity index (χ2v) is 6.86. The lowest BCUT2D eigenvalue weighted by molar-refractivity contribution is 0.0850. The van der Waals surface area contributed by atoms with Crippen LogP contribution in [0.1, 0.15) is 36.3 Å². The van der Waals surface area contributed by atoms with Gasteiger partial charge in [-0.3, -0.25) is 9.36 Å². The minimum absolute atomic E-state index is 0.238. The van der Waals surface area contributed by atoms with E-state index in [0.29, 0.717) is 11.5 Å². The number of aryl methyl sites for hydroxylation is 1. The minimum Gasteiger partial charge on any atom is -0.485 e. The molecule has 1 amide bonds. The zero-order valence-electron chi connectivity index (χ0n) is 14.6. The van der Waals surface area contributed by atoms with Gasteiger partial charge in [0.25, 0.3) is 5.91 Å². The Morgan fingerprint density at radius 3 is 2.85 bits per heavy atom. The summed E-state index contributed by atoms with van der Waals surface area (Å²) < 4.78 is 7.81. The van der Waals surface area contributed by atoms with Crippen LogP contribution in [0.4, 0.5) is 5.69 Å². The number of anilines is 1. The molecule has 1 N–H and O–H groups in total. The topological polar surface area (TPSA) is 81.9 Å². The molecule has 132 valence electrons. The van der Waals surface area contributed by atoms with Crippen molar-refractivity contribution >= 4 is 11.6 Å². The van der Waals surface area contributed by atoms with E-state index in [2.05, 4.69) is 34.3 Å². The highest BCUT2D eigenvalue weighted by molar-refractivity contribution is 6.03. The predicted molar refractivity (Wildman–Crippen MR) is 96.6 cm³/mol. The van der Waals surface area contributed by atoms with Crippen molar-refractivity contribution in [2.75, 3.05) is 5.32 Å². The molecule has 7 nitrogen and oxygen atoms in total. The molecule has 0 aliphatic carbocycles. The van der Waals surface area contributed by atoms with Gasteiger partial charge in [0.1, 0.15) is 17.7 Å². The van der Waals surface area contributed by atoms with Crippen LogP contribution >= 0.6 is 0 Å². The first-order valence-electron chi connectivity index (χ1n) is 8.46. The molecule has 0 saturated carbocycles. The summed E-state index contributed by atoms with van der Waals surface area (Å²) in [5.41, 5.74) is 1.74. The maximum Gasteiger partial charge on any atom is 0.276 e. The fourth-order valence-electron chi connectivity index (χ4n) is 2.93. The molecule has 1 aliphatic rings. The Balaban J connectivity index is 1.56. The van der Waals surface area contributed by atoms with E-state index >= 15 is 0 Å². The van der Waals surface area contributed by atoms with Crippen molar-refractivity contribution in [3.05, 3.63) is 60.3 Å². The van der Waals surface area contributed by atoms with Gasteiger partial charge in [-0.1, -0.05) is 12.1 Å². The number of nitrogens with one attached hydrogen (secondary N) is 1. The molecular weight excluding hydrogens is 330 g/mol. The van der Waals surface area contributed by atoms with E-state index in [4.69, 9.17) is 4.74 Å². The van der Waals surface area contributed by atoms with E-state index in [1.807, 2.05) is 18.2 Å². The fraction of sp³-hybridized carbons (Fsp3) is 0.263. The maximum absolute atomic E-state index is 12.6. The second-order valence-electron chi connectivity index (χ2n) is 6.86. The minimum atomic E-state index is -0.324. The van der Waals surface area contributed by atoms with Crippen LogP contribution in [-0.2, 0) is 6.42 Å². The molecule has 2 aromatic heterocycles. The molecule has 0 fully saturated rings. The highest BCUT2D eigenvalue weighted by Gasteiger charge is 2.28. The fourth-order valence-corrected chi connectivity index (χ4v) is 2.93.